The predicted octanol–water partition coefficient (Wildman–Crippen LogP) is 3.19. The number of aldehydes is 1. The third-order valence-electron chi connectivity index (χ3n) is 3.69. The third kappa shape index (κ3) is 1.86. The largest absolute Gasteiger partial charge is 0.303 e. The summed E-state index contributed by atoms with van der Waals surface area (Å²) in [6.07, 6.45) is 11.1. The van der Waals surface area contributed by atoms with Crippen LogP contribution in [0.4, 0.5) is 0 Å². The van der Waals surface area contributed by atoms with Crippen LogP contribution in [0.25, 0.3) is 5.52 Å². The Morgan fingerprint density at radius 2 is 2.06 bits per heavy atom. The summed E-state index contributed by atoms with van der Waals surface area (Å²) in [5.41, 5.74) is 1.80. The van der Waals surface area contributed by atoms with Crippen LogP contribution in [0.1, 0.15) is 54.2 Å². The topological polar surface area (TPSA) is 34.4 Å². The molecule has 0 saturated heterocycles. The minimum atomic E-state index is 0.563. The summed E-state index contributed by atoms with van der Waals surface area (Å²) in [5.74, 6) is 1.69. The lowest BCUT2D eigenvalue weighted by molar-refractivity contribution is 0.112. The van der Waals surface area contributed by atoms with E-state index in [1.54, 1.807) is 0 Å². The van der Waals surface area contributed by atoms with Crippen LogP contribution >= 0.6 is 0 Å². The molecule has 0 unspecified atom stereocenters. The first-order valence-corrected chi connectivity index (χ1v) is 6.30. The van der Waals surface area contributed by atoms with Crippen LogP contribution in [-0.2, 0) is 0 Å². The number of aromatic nitrogens is 2. The third-order valence-corrected chi connectivity index (χ3v) is 3.69. The van der Waals surface area contributed by atoms with E-state index >= 15 is 0 Å². The Hall–Kier alpha value is -1.64. The Labute approximate surface area is 100 Å². The van der Waals surface area contributed by atoms with Crippen LogP contribution in [0.3, 0.4) is 0 Å². The number of fused-ring (bicyclic) bond motifs is 1. The van der Waals surface area contributed by atoms with Crippen molar-refractivity contribution in [2.24, 2.45) is 0 Å². The fraction of sp³-hybridized carbons (Fsp3) is 0.429. The molecule has 3 nitrogen and oxygen atoms in total. The van der Waals surface area contributed by atoms with Gasteiger partial charge in [-0.1, -0.05) is 19.3 Å². The van der Waals surface area contributed by atoms with Crippen molar-refractivity contribution < 1.29 is 4.79 Å². The lowest BCUT2D eigenvalue weighted by Gasteiger charge is -2.20. The molecule has 1 aliphatic rings. The molecule has 1 fully saturated rings. The van der Waals surface area contributed by atoms with Gasteiger partial charge in [0.05, 0.1) is 11.7 Å². The normalized spacial score (nSPS) is 17.4. The van der Waals surface area contributed by atoms with Gasteiger partial charge in [0, 0.05) is 17.7 Å². The maximum absolute atomic E-state index is 10.8. The van der Waals surface area contributed by atoms with E-state index in [0.717, 1.165) is 17.6 Å². The van der Waals surface area contributed by atoms with Gasteiger partial charge < -0.3 is 4.40 Å². The van der Waals surface area contributed by atoms with Gasteiger partial charge in [0.2, 0.25) is 0 Å². The van der Waals surface area contributed by atoms with Crippen LogP contribution in [0.15, 0.2) is 24.5 Å². The van der Waals surface area contributed by atoms with E-state index in [1.807, 2.05) is 24.5 Å². The average molecular weight is 228 g/mol. The number of carbonyl (C=O) groups is 1. The van der Waals surface area contributed by atoms with Crippen molar-refractivity contribution in [3.05, 3.63) is 35.9 Å². The molecule has 2 aromatic heterocycles. The Morgan fingerprint density at radius 3 is 2.82 bits per heavy atom. The molecule has 1 aliphatic carbocycles. The van der Waals surface area contributed by atoms with Crippen molar-refractivity contribution in [3.63, 3.8) is 0 Å². The van der Waals surface area contributed by atoms with E-state index in [4.69, 9.17) is 0 Å². The highest BCUT2D eigenvalue weighted by Gasteiger charge is 2.19. The molecule has 0 bridgehead atoms. The second-order valence-electron chi connectivity index (χ2n) is 4.83. The molecule has 0 spiro atoms. The zero-order valence-electron chi connectivity index (χ0n) is 9.80. The van der Waals surface area contributed by atoms with Crippen LogP contribution in [-0.4, -0.2) is 15.7 Å². The zero-order valence-corrected chi connectivity index (χ0v) is 9.80. The van der Waals surface area contributed by atoms with Crippen molar-refractivity contribution in [1.82, 2.24) is 9.38 Å². The molecule has 2 aromatic rings. The molecule has 2 heterocycles. The monoisotopic (exact) mass is 228 g/mol. The van der Waals surface area contributed by atoms with Gasteiger partial charge in [-0.05, 0) is 25.0 Å². The molecule has 0 radical (unpaired) electrons. The molecular weight excluding hydrogens is 212 g/mol. The average Bonchev–Trinajstić information content (AvgIpc) is 2.82. The summed E-state index contributed by atoms with van der Waals surface area (Å²) in [7, 11) is 0. The van der Waals surface area contributed by atoms with Gasteiger partial charge in [0.25, 0.3) is 0 Å². The van der Waals surface area contributed by atoms with Crippen LogP contribution in [0, 0.1) is 0 Å². The number of imidazole rings is 1. The van der Waals surface area contributed by atoms with Gasteiger partial charge in [-0.15, -0.1) is 0 Å². The molecule has 0 aromatic carbocycles. The summed E-state index contributed by atoms with van der Waals surface area (Å²) in [4.78, 5) is 15.4. The summed E-state index contributed by atoms with van der Waals surface area (Å²) < 4.78 is 2.08. The smallest absolute Gasteiger partial charge is 0.151 e. The lowest BCUT2D eigenvalue weighted by atomic mass is 9.89. The van der Waals surface area contributed by atoms with Gasteiger partial charge >= 0.3 is 0 Å². The summed E-state index contributed by atoms with van der Waals surface area (Å²) in [6.45, 7) is 0. The number of hydrogen-bond acceptors (Lipinski definition) is 2. The van der Waals surface area contributed by atoms with Crippen molar-refractivity contribution in [3.8, 4) is 0 Å². The molecule has 0 N–H and O–H groups in total. The highest BCUT2D eigenvalue weighted by molar-refractivity contribution is 5.75. The molecule has 3 heteroatoms. The highest BCUT2D eigenvalue weighted by Crippen LogP contribution is 2.32. The molecule has 0 atom stereocenters. The number of hydrogen-bond donors (Lipinski definition) is 0. The maximum atomic E-state index is 10.8. The Kier molecular flexibility index (Phi) is 2.67. The Balaban J connectivity index is 2.05. The van der Waals surface area contributed by atoms with Crippen LogP contribution in [0.2, 0.25) is 0 Å². The van der Waals surface area contributed by atoms with E-state index in [0.29, 0.717) is 11.5 Å². The molecule has 0 aliphatic heterocycles. The van der Waals surface area contributed by atoms with E-state index in [1.165, 1.54) is 32.1 Å². The minimum absolute atomic E-state index is 0.563. The first-order valence-electron chi connectivity index (χ1n) is 6.30. The van der Waals surface area contributed by atoms with Gasteiger partial charge in [0.1, 0.15) is 5.82 Å². The summed E-state index contributed by atoms with van der Waals surface area (Å²) in [5, 5.41) is 0. The van der Waals surface area contributed by atoms with Gasteiger partial charge in [0.15, 0.2) is 6.29 Å². The molecule has 88 valence electrons. The number of rotatable bonds is 2. The Morgan fingerprint density at radius 1 is 1.24 bits per heavy atom. The molecule has 17 heavy (non-hydrogen) atoms. The van der Waals surface area contributed by atoms with Gasteiger partial charge in [-0.3, -0.25) is 4.79 Å². The molecule has 1 saturated carbocycles. The quantitative estimate of drug-likeness (QED) is 0.740. The van der Waals surface area contributed by atoms with E-state index in [-0.39, 0.29) is 0 Å². The van der Waals surface area contributed by atoms with Gasteiger partial charge in [-0.2, -0.15) is 0 Å². The lowest BCUT2D eigenvalue weighted by Crippen LogP contribution is -2.08. The van der Waals surface area contributed by atoms with Crippen molar-refractivity contribution in [2.75, 3.05) is 0 Å². The first-order chi connectivity index (χ1) is 8.38. The molecule has 0 amide bonds. The molecule has 3 rings (SSSR count). The van der Waals surface area contributed by atoms with E-state index < -0.39 is 0 Å². The van der Waals surface area contributed by atoms with Gasteiger partial charge in [-0.25, -0.2) is 4.98 Å². The second-order valence-corrected chi connectivity index (χ2v) is 4.83. The fourth-order valence-corrected chi connectivity index (χ4v) is 2.76. The van der Waals surface area contributed by atoms with Crippen molar-refractivity contribution in [1.29, 1.82) is 0 Å². The number of pyridine rings is 1. The number of nitrogens with zero attached hydrogens (tertiary/aromatic N) is 2. The predicted molar refractivity (Wildman–Crippen MR) is 66.4 cm³/mol. The van der Waals surface area contributed by atoms with Crippen LogP contribution < -0.4 is 0 Å². The minimum Gasteiger partial charge on any atom is -0.303 e. The van der Waals surface area contributed by atoms with E-state index in [9.17, 15) is 4.79 Å². The van der Waals surface area contributed by atoms with E-state index in [2.05, 4.69) is 9.38 Å². The van der Waals surface area contributed by atoms with Crippen molar-refractivity contribution in [2.45, 2.75) is 38.0 Å². The fourth-order valence-electron chi connectivity index (χ4n) is 2.76. The molecular formula is C14H16N2O. The highest BCUT2D eigenvalue weighted by atomic mass is 16.1. The van der Waals surface area contributed by atoms with Crippen molar-refractivity contribution >= 4 is 11.8 Å². The van der Waals surface area contributed by atoms with Crippen LogP contribution in [0.5, 0.6) is 0 Å². The standard InChI is InChI=1S/C14H16N2O/c17-10-11-6-7-13-8-15-14(16(13)9-11)12-4-2-1-3-5-12/h6-10,12H,1-5H2. The Bertz CT molecular complexity index is 538. The summed E-state index contributed by atoms with van der Waals surface area (Å²) >= 11 is 0. The SMILES string of the molecule is O=Cc1ccc2cnc(C3CCCCC3)n2c1. The zero-order chi connectivity index (χ0) is 11.7. The maximum Gasteiger partial charge on any atom is 0.151 e. The number of carbonyl (C=O) groups excluding carboxylic acids is 1. The second kappa shape index (κ2) is 4.32. The first kappa shape index (κ1) is 10.5. The summed E-state index contributed by atoms with van der Waals surface area (Å²) in [6, 6.07) is 3.80.